The Labute approximate surface area is 150 Å². The van der Waals surface area contributed by atoms with Crippen LogP contribution >= 0.6 is 0 Å². The molecule has 0 fully saturated rings. The first kappa shape index (κ1) is 19.6. The van der Waals surface area contributed by atoms with E-state index in [9.17, 15) is 0 Å². The molecule has 0 saturated heterocycles. The average molecular weight is 344 g/mol. The maximum atomic E-state index is 6.10. The second kappa shape index (κ2) is 12.6. The SMILES string of the molecule is COCCOCCCOCCOC(c1ccccc1)c1ccccc1. The van der Waals surface area contributed by atoms with Crippen molar-refractivity contribution < 1.29 is 18.9 Å². The summed E-state index contributed by atoms with van der Waals surface area (Å²) in [6, 6.07) is 20.6. The van der Waals surface area contributed by atoms with Crippen LogP contribution in [0.3, 0.4) is 0 Å². The summed E-state index contributed by atoms with van der Waals surface area (Å²) in [6.45, 7) is 3.77. The third kappa shape index (κ3) is 7.80. The number of rotatable bonds is 13. The van der Waals surface area contributed by atoms with E-state index >= 15 is 0 Å². The van der Waals surface area contributed by atoms with Gasteiger partial charge >= 0.3 is 0 Å². The van der Waals surface area contributed by atoms with Crippen molar-refractivity contribution in [2.45, 2.75) is 12.5 Å². The topological polar surface area (TPSA) is 36.9 Å². The molecule has 2 aromatic rings. The van der Waals surface area contributed by atoms with Gasteiger partial charge in [-0.25, -0.2) is 0 Å². The first-order valence-corrected chi connectivity index (χ1v) is 8.77. The van der Waals surface area contributed by atoms with E-state index < -0.39 is 0 Å². The van der Waals surface area contributed by atoms with Gasteiger partial charge in [0.05, 0.1) is 26.4 Å². The number of hydrogen-bond acceptors (Lipinski definition) is 4. The van der Waals surface area contributed by atoms with Crippen LogP contribution in [0, 0.1) is 0 Å². The van der Waals surface area contributed by atoms with Crippen LogP contribution in [-0.4, -0.2) is 46.8 Å². The van der Waals surface area contributed by atoms with Gasteiger partial charge in [0.25, 0.3) is 0 Å². The molecule has 0 saturated carbocycles. The zero-order chi connectivity index (χ0) is 17.6. The van der Waals surface area contributed by atoms with E-state index in [0.29, 0.717) is 39.6 Å². The van der Waals surface area contributed by atoms with Crippen molar-refractivity contribution in [1.29, 1.82) is 0 Å². The van der Waals surface area contributed by atoms with Crippen LogP contribution < -0.4 is 0 Å². The van der Waals surface area contributed by atoms with Crippen molar-refractivity contribution in [2.24, 2.45) is 0 Å². The number of hydrogen-bond donors (Lipinski definition) is 0. The first-order chi connectivity index (χ1) is 12.4. The Morgan fingerprint density at radius 3 is 1.68 bits per heavy atom. The second-order valence-electron chi connectivity index (χ2n) is 5.64. The Morgan fingerprint density at radius 2 is 1.16 bits per heavy atom. The molecule has 0 unspecified atom stereocenters. The Hall–Kier alpha value is -1.72. The fourth-order valence-electron chi connectivity index (χ4n) is 2.47. The zero-order valence-electron chi connectivity index (χ0n) is 14.9. The van der Waals surface area contributed by atoms with Gasteiger partial charge in [0.2, 0.25) is 0 Å². The summed E-state index contributed by atoms with van der Waals surface area (Å²) in [5.74, 6) is 0. The lowest BCUT2D eigenvalue weighted by Gasteiger charge is -2.19. The molecule has 0 amide bonds. The summed E-state index contributed by atoms with van der Waals surface area (Å²) in [7, 11) is 1.67. The Bertz CT molecular complexity index is 505. The summed E-state index contributed by atoms with van der Waals surface area (Å²) < 4.78 is 22.0. The van der Waals surface area contributed by atoms with Crippen LogP contribution in [0.25, 0.3) is 0 Å². The lowest BCUT2D eigenvalue weighted by molar-refractivity contribution is 0.01000. The summed E-state index contributed by atoms with van der Waals surface area (Å²) >= 11 is 0. The Morgan fingerprint density at radius 1 is 0.640 bits per heavy atom. The third-order valence-electron chi connectivity index (χ3n) is 3.73. The lowest BCUT2D eigenvalue weighted by atomic mass is 10.0. The molecule has 136 valence electrons. The maximum Gasteiger partial charge on any atom is 0.108 e. The van der Waals surface area contributed by atoms with E-state index in [4.69, 9.17) is 18.9 Å². The third-order valence-corrected chi connectivity index (χ3v) is 3.73. The van der Waals surface area contributed by atoms with Gasteiger partial charge in [-0.1, -0.05) is 60.7 Å². The molecule has 0 aliphatic heterocycles. The van der Waals surface area contributed by atoms with Gasteiger partial charge in [-0.3, -0.25) is 0 Å². The molecule has 0 radical (unpaired) electrons. The van der Waals surface area contributed by atoms with E-state index in [1.807, 2.05) is 36.4 Å². The van der Waals surface area contributed by atoms with Crippen molar-refractivity contribution >= 4 is 0 Å². The quantitative estimate of drug-likeness (QED) is 0.517. The smallest absolute Gasteiger partial charge is 0.108 e. The molecule has 0 spiro atoms. The fourth-order valence-corrected chi connectivity index (χ4v) is 2.47. The summed E-state index contributed by atoms with van der Waals surface area (Å²) in [5, 5.41) is 0. The van der Waals surface area contributed by atoms with E-state index in [2.05, 4.69) is 24.3 Å². The van der Waals surface area contributed by atoms with Crippen LogP contribution in [0.2, 0.25) is 0 Å². The monoisotopic (exact) mass is 344 g/mol. The van der Waals surface area contributed by atoms with E-state index in [1.165, 1.54) is 0 Å². The molecule has 0 heterocycles. The fraction of sp³-hybridized carbons (Fsp3) is 0.429. The van der Waals surface area contributed by atoms with E-state index in [-0.39, 0.29) is 6.10 Å². The molecular weight excluding hydrogens is 316 g/mol. The molecule has 25 heavy (non-hydrogen) atoms. The molecule has 2 aromatic carbocycles. The minimum atomic E-state index is -0.0663. The van der Waals surface area contributed by atoms with E-state index in [1.54, 1.807) is 7.11 Å². The molecule has 0 atom stereocenters. The molecule has 0 N–H and O–H groups in total. The molecule has 0 aromatic heterocycles. The summed E-state index contributed by atoms with van der Waals surface area (Å²) in [5.41, 5.74) is 2.31. The van der Waals surface area contributed by atoms with Crippen molar-refractivity contribution in [3.05, 3.63) is 71.8 Å². The van der Waals surface area contributed by atoms with Crippen LogP contribution in [0.5, 0.6) is 0 Å². The predicted molar refractivity (Wildman–Crippen MR) is 98.8 cm³/mol. The number of methoxy groups -OCH3 is 1. The molecule has 2 rings (SSSR count). The molecule has 4 heteroatoms. The zero-order valence-corrected chi connectivity index (χ0v) is 14.9. The number of ether oxygens (including phenoxy) is 4. The minimum absolute atomic E-state index is 0.0663. The van der Waals surface area contributed by atoms with Crippen molar-refractivity contribution in [2.75, 3.05) is 46.8 Å². The lowest BCUT2D eigenvalue weighted by Crippen LogP contribution is -2.12. The van der Waals surface area contributed by atoms with Gasteiger partial charge in [0.1, 0.15) is 6.10 Å². The molecule has 0 bridgehead atoms. The van der Waals surface area contributed by atoms with Crippen molar-refractivity contribution in [1.82, 2.24) is 0 Å². The van der Waals surface area contributed by atoms with Crippen molar-refractivity contribution in [3.63, 3.8) is 0 Å². The molecule has 0 aliphatic rings. The van der Waals surface area contributed by atoms with Crippen LogP contribution in [-0.2, 0) is 18.9 Å². The van der Waals surface area contributed by atoms with Gasteiger partial charge in [0, 0.05) is 20.3 Å². The molecule has 4 nitrogen and oxygen atoms in total. The minimum Gasteiger partial charge on any atom is -0.382 e. The normalized spacial score (nSPS) is 11.1. The number of benzene rings is 2. The highest BCUT2D eigenvalue weighted by molar-refractivity contribution is 5.29. The maximum absolute atomic E-state index is 6.10. The predicted octanol–water partition coefficient (Wildman–Crippen LogP) is 3.86. The highest BCUT2D eigenvalue weighted by Gasteiger charge is 2.13. The van der Waals surface area contributed by atoms with Crippen LogP contribution in [0.4, 0.5) is 0 Å². The Balaban J connectivity index is 1.69. The van der Waals surface area contributed by atoms with E-state index in [0.717, 1.165) is 17.5 Å². The highest BCUT2D eigenvalue weighted by Crippen LogP contribution is 2.25. The standard InChI is InChI=1S/C21H28O4/c1-22-15-16-23-13-8-14-24-17-18-25-21(19-9-4-2-5-10-19)20-11-6-3-7-12-20/h2-7,9-12,21H,8,13-18H2,1H3. The largest absolute Gasteiger partial charge is 0.382 e. The summed E-state index contributed by atoms with van der Waals surface area (Å²) in [6.07, 6.45) is 0.813. The summed E-state index contributed by atoms with van der Waals surface area (Å²) in [4.78, 5) is 0. The van der Waals surface area contributed by atoms with Gasteiger partial charge in [0.15, 0.2) is 0 Å². The van der Waals surface area contributed by atoms with Gasteiger partial charge in [-0.2, -0.15) is 0 Å². The van der Waals surface area contributed by atoms with Gasteiger partial charge in [-0.15, -0.1) is 0 Å². The van der Waals surface area contributed by atoms with Crippen LogP contribution in [0.15, 0.2) is 60.7 Å². The molecular formula is C21H28O4. The van der Waals surface area contributed by atoms with Crippen LogP contribution in [0.1, 0.15) is 23.7 Å². The molecule has 0 aliphatic carbocycles. The Kier molecular flexibility index (Phi) is 9.89. The first-order valence-electron chi connectivity index (χ1n) is 8.77. The highest BCUT2D eigenvalue weighted by atomic mass is 16.5. The average Bonchev–Trinajstić information content (AvgIpc) is 2.67. The van der Waals surface area contributed by atoms with Gasteiger partial charge < -0.3 is 18.9 Å². The van der Waals surface area contributed by atoms with Gasteiger partial charge in [-0.05, 0) is 17.5 Å². The van der Waals surface area contributed by atoms with Crippen molar-refractivity contribution in [3.8, 4) is 0 Å². The second-order valence-corrected chi connectivity index (χ2v) is 5.64.